The number of anilines is 1. The zero-order valence-corrected chi connectivity index (χ0v) is 20.6. The minimum absolute atomic E-state index is 0.0713. The first-order valence-electron chi connectivity index (χ1n) is 12.7. The van der Waals surface area contributed by atoms with Gasteiger partial charge in [0.25, 0.3) is 0 Å². The second-order valence-electron chi connectivity index (χ2n) is 10.1. The molecule has 6 heteroatoms. The molecule has 2 aliphatic heterocycles. The summed E-state index contributed by atoms with van der Waals surface area (Å²) in [5, 5.41) is 0. The van der Waals surface area contributed by atoms with E-state index in [0.717, 1.165) is 5.56 Å². The molecule has 1 fully saturated rings. The maximum Gasteiger partial charge on any atom is 0.188 e. The summed E-state index contributed by atoms with van der Waals surface area (Å²) >= 11 is 0. The Kier molecular flexibility index (Phi) is 5.04. The van der Waals surface area contributed by atoms with Gasteiger partial charge in [-0.25, -0.2) is 8.78 Å². The summed E-state index contributed by atoms with van der Waals surface area (Å²) in [6, 6.07) is 23.3. The van der Waals surface area contributed by atoms with Crippen LogP contribution in [0.25, 0.3) is 6.08 Å². The number of para-hydroxylation sites is 1. The quantitative estimate of drug-likeness (QED) is 0.237. The van der Waals surface area contributed by atoms with Crippen LogP contribution < -0.4 is 4.90 Å². The number of halogens is 2. The lowest BCUT2D eigenvalue weighted by Gasteiger charge is -2.37. The first-order chi connectivity index (χ1) is 19.0. The number of hydrogen-bond acceptors (Lipinski definition) is 4. The third-order valence-corrected chi connectivity index (χ3v) is 8.36. The van der Waals surface area contributed by atoms with Crippen LogP contribution in [0.1, 0.15) is 48.1 Å². The summed E-state index contributed by atoms with van der Waals surface area (Å²) < 4.78 is 30.8. The number of benzene rings is 4. The van der Waals surface area contributed by atoms with Gasteiger partial charge in [-0.1, -0.05) is 84.9 Å². The van der Waals surface area contributed by atoms with Gasteiger partial charge in [0.05, 0.1) is 11.6 Å². The molecule has 1 spiro atoms. The van der Waals surface area contributed by atoms with Crippen molar-refractivity contribution in [3.8, 4) is 0 Å². The fourth-order valence-corrected chi connectivity index (χ4v) is 6.81. The summed E-state index contributed by atoms with van der Waals surface area (Å²) in [4.78, 5) is 45.1. The molecule has 0 radical (unpaired) electrons. The summed E-state index contributed by atoms with van der Waals surface area (Å²) in [7, 11) is 0. The van der Waals surface area contributed by atoms with Crippen molar-refractivity contribution in [2.75, 3.05) is 4.90 Å². The van der Waals surface area contributed by atoms with E-state index in [0.29, 0.717) is 5.69 Å². The van der Waals surface area contributed by atoms with E-state index in [4.69, 9.17) is 0 Å². The first-order valence-corrected chi connectivity index (χ1v) is 12.7. The van der Waals surface area contributed by atoms with Crippen LogP contribution in [0.2, 0.25) is 0 Å². The molecule has 0 amide bonds. The molecular weight excluding hydrogens is 496 g/mol. The molecule has 4 aromatic carbocycles. The molecule has 4 aromatic rings. The van der Waals surface area contributed by atoms with E-state index in [1.807, 2.05) is 24.3 Å². The Hall–Kier alpha value is -4.71. The molecule has 0 saturated carbocycles. The number of Topliss-reactive ketones (excluding diaryl/α,β-unsaturated/α-hetero) is 3. The molecule has 0 unspecified atom stereocenters. The minimum atomic E-state index is -1.83. The van der Waals surface area contributed by atoms with Crippen LogP contribution in [-0.4, -0.2) is 29.4 Å². The number of carbonyl (C=O) groups is 3. The molecule has 0 N–H and O–H groups in total. The van der Waals surface area contributed by atoms with E-state index in [1.165, 1.54) is 36.4 Å². The number of carbonyl (C=O) groups excluding carboxylic acids is 3. The van der Waals surface area contributed by atoms with Crippen molar-refractivity contribution in [2.24, 2.45) is 5.41 Å². The topological polar surface area (TPSA) is 54.5 Å². The van der Waals surface area contributed by atoms with E-state index in [1.54, 1.807) is 53.4 Å². The van der Waals surface area contributed by atoms with Gasteiger partial charge in [-0.15, -0.1) is 0 Å². The van der Waals surface area contributed by atoms with Gasteiger partial charge < -0.3 is 4.90 Å². The molecule has 2 heterocycles. The van der Waals surface area contributed by atoms with Gasteiger partial charge in [0.2, 0.25) is 0 Å². The van der Waals surface area contributed by atoms with Gasteiger partial charge in [0.15, 0.2) is 17.3 Å². The third kappa shape index (κ3) is 3.00. The van der Waals surface area contributed by atoms with Gasteiger partial charge in [0, 0.05) is 22.7 Å². The molecule has 4 nitrogen and oxygen atoms in total. The molecule has 1 saturated heterocycles. The van der Waals surface area contributed by atoms with Crippen LogP contribution in [0, 0.1) is 17.0 Å². The fraction of sp³-hybridized carbons (Fsp3) is 0.121. The first kappa shape index (κ1) is 23.4. The second kappa shape index (κ2) is 8.40. The van der Waals surface area contributed by atoms with E-state index >= 15 is 8.78 Å². The predicted octanol–water partition coefficient (Wildman–Crippen LogP) is 6.28. The molecule has 1 aliphatic carbocycles. The molecular formula is C33H21F2NO3. The smallest absolute Gasteiger partial charge is 0.188 e. The van der Waals surface area contributed by atoms with Gasteiger partial charge >= 0.3 is 0 Å². The maximum atomic E-state index is 15.7. The van der Waals surface area contributed by atoms with E-state index in [9.17, 15) is 14.4 Å². The molecule has 0 bridgehead atoms. The van der Waals surface area contributed by atoms with Crippen molar-refractivity contribution in [1.29, 1.82) is 0 Å². The number of rotatable bonds is 3. The Morgan fingerprint density at radius 1 is 0.718 bits per heavy atom. The van der Waals surface area contributed by atoms with Crippen molar-refractivity contribution in [3.05, 3.63) is 143 Å². The van der Waals surface area contributed by atoms with Gasteiger partial charge in [-0.3, -0.25) is 14.4 Å². The maximum absolute atomic E-state index is 15.7. The van der Waals surface area contributed by atoms with Crippen molar-refractivity contribution in [3.63, 3.8) is 0 Å². The summed E-state index contributed by atoms with van der Waals surface area (Å²) in [5.74, 6) is -4.12. The van der Waals surface area contributed by atoms with Crippen molar-refractivity contribution < 1.29 is 23.2 Å². The average Bonchev–Trinajstić information content (AvgIpc) is 3.39. The fourth-order valence-electron chi connectivity index (χ4n) is 6.81. The Labute approximate surface area is 223 Å². The van der Waals surface area contributed by atoms with Gasteiger partial charge in [-0.2, -0.15) is 0 Å². The minimum Gasteiger partial charge on any atom is -0.352 e. The summed E-state index contributed by atoms with van der Waals surface area (Å²) in [5.41, 5.74) is -0.0509. The molecule has 3 atom stereocenters. The predicted molar refractivity (Wildman–Crippen MR) is 143 cm³/mol. The van der Waals surface area contributed by atoms with Crippen molar-refractivity contribution >= 4 is 29.1 Å². The van der Waals surface area contributed by atoms with E-state index in [-0.39, 0.29) is 22.3 Å². The highest BCUT2D eigenvalue weighted by Gasteiger charge is 2.72. The Morgan fingerprint density at radius 2 is 1.31 bits per heavy atom. The number of hydrogen-bond donors (Lipinski definition) is 0. The van der Waals surface area contributed by atoms with E-state index < -0.39 is 52.4 Å². The standard InChI is InChI=1S/C33H21F2NO3/c34-24-14-6-4-12-22(24)28-29(30(37)23-13-5-7-15-25(23)35)36-26-16-8-1-9-19(26)17-18-27(36)33(28)31(38)20-10-2-3-11-21(20)32(33)39/h1-18,27-29H/t27-,28-,29+/m1/s1. The second-order valence-corrected chi connectivity index (χ2v) is 10.1. The molecule has 190 valence electrons. The molecule has 7 rings (SSSR count). The number of fused-ring (bicyclic) bond motifs is 5. The third-order valence-electron chi connectivity index (χ3n) is 8.36. The highest BCUT2D eigenvalue weighted by Crippen LogP contribution is 2.61. The number of nitrogens with zero attached hydrogens (tertiary/aromatic N) is 1. The Morgan fingerprint density at radius 3 is 2.00 bits per heavy atom. The van der Waals surface area contributed by atoms with E-state index in [2.05, 4.69) is 0 Å². The SMILES string of the molecule is O=C(c1ccccc1F)[C@@H]1[C@@H](c2ccccc2F)C2(C(=O)c3ccccc3C2=O)[C@H]2C=Cc3ccccc3N12. The lowest BCUT2D eigenvalue weighted by molar-refractivity contribution is 0.0664. The zero-order chi connectivity index (χ0) is 26.9. The van der Waals surface area contributed by atoms with Crippen molar-refractivity contribution in [2.45, 2.75) is 18.0 Å². The lowest BCUT2D eigenvalue weighted by Crippen LogP contribution is -2.48. The lowest BCUT2D eigenvalue weighted by atomic mass is 9.64. The molecule has 3 aliphatic rings. The van der Waals surface area contributed by atoms with Crippen LogP contribution in [0.15, 0.2) is 103 Å². The monoisotopic (exact) mass is 517 g/mol. The van der Waals surface area contributed by atoms with Crippen LogP contribution in [0.5, 0.6) is 0 Å². The van der Waals surface area contributed by atoms with Crippen LogP contribution >= 0.6 is 0 Å². The molecule has 0 aromatic heterocycles. The largest absolute Gasteiger partial charge is 0.352 e. The van der Waals surface area contributed by atoms with Crippen LogP contribution in [0.3, 0.4) is 0 Å². The van der Waals surface area contributed by atoms with Gasteiger partial charge in [-0.05, 0) is 35.4 Å². The average molecular weight is 518 g/mol. The van der Waals surface area contributed by atoms with Crippen molar-refractivity contribution in [1.82, 2.24) is 0 Å². The van der Waals surface area contributed by atoms with Gasteiger partial charge in [0.1, 0.15) is 23.1 Å². The zero-order valence-electron chi connectivity index (χ0n) is 20.6. The van der Waals surface area contributed by atoms with Crippen LogP contribution in [0.4, 0.5) is 14.5 Å². The van der Waals surface area contributed by atoms with Crippen LogP contribution in [-0.2, 0) is 0 Å². The summed E-state index contributed by atoms with van der Waals surface area (Å²) in [6.45, 7) is 0. The Bertz CT molecular complexity index is 1710. The summed E-state index contributed by atoms with van der Waals surface area (Å²) in [6.07, 6.45) is 3.59. The Balaban J connectivity index is 1.58. The molecule has 39 heavy (non-hydrogen) atoms. The highest BCUT2D eigenvalue weighted by molar-refractivity contribution is 6.32. The highest BCUT2D eigenvalue weighted by atomic mass is 19.1. The normalized spacial score (nSPS) is 22.1. The number of ketones is 3.